The molecule has 0 unspecified atom stereocenters. The van der Waals surface area contributed by atoms with Gasteiger partial charge in [0.2, 0.25) is 17.9 Å². The van der Waals surface area contributed by atoms with E-state index in [1.807, 2.05) is 12.1 Å². The van der Waals surface area contributed by atoms with E-state index in [1.54, 1.807) is 0 Å². The van der Waals surface area contributed by atoms with Crippen LogP contribution in [0.3, 0.4) is 0 Å². The highest BCUT2D eigenvalue weighted by atomic mass is 16.1. The minimum Gasteiger partial charge on any atom is -0.327 e. The first kappa shape index (κ1) is 47.9. The number of benzene rings is 3. The van der Waals surface area contributed by atoms with Gasteiger partial charge in [0.15, 0.2) is 10.9 Å². The predicted octanol–water partition coefficient (Wildman–Crippen LogP) is 11.4. The molecule has 0 amide bonds. The Morgan fingerprint density at radius 3 is 0.887 bits per heavy atom. The van der Waals surface area contributed by atoms with Gasteiger partial charge in [-0.15, -0.1) is 0 Å². The second-order valence-corrected chi connectivity index (χ2v) is 28.2. The van der Waals surface area contributed by atoms with Crippen LogP contribution in [-0.4, -0.2) is 103 Å². The second kappa shape index (κ2) is 12.7. The molecule has 12 heteroatoms. The molecule has 0 N–H and O–H groups in total. The summed E-state index contributed by atoms with van der Waals surface area (Å²) in [6.45, 7) is 54.5. The fraction of sp³-hybridized carbons (Fsp3) is 0.610. The fourth-order valence-corrected chi connectivity index (χ4v) is 14.0. The van der Waals surface area contributed by atoms with Gasteiger partial charge in [-0.3, -0.25) is 9.59 Å². The lowest BCUT2D eigenvalue weighted by atomic mass is 9.76. The number of aromatic nitrogens is 1. The molecule has 3 fully saturated rings. The topological polar surface area (TPSA) is 95.1 Å². The van der Waals surface area contributed by atoms with Crippen LogP contribution in [0.15, 0.2) is 73.1 Å². The average molecular weight is 961 g/mol. The number of rotatable bonds is 3. The van der Waals surface area contributed by atoms with E-state index in [2.05, 4.69) is 236 Å². The lowest BCUT2D eigenvalue weighted by molar-refractivity contribution is 0.0528. The van der Waals surface area contributed by atoms with E-state index >= 15 is 9.59 Å². The number of hydrogen-bond donors (Lipinski definition) is 0. The van der Waals surface area contributed by atoms with Crippen molar-refractivity contribution in [3.63, 3.8) is 0 Å². The van der Waals surface area contributed by atoms with Gasteiger partial charge in [0.05, 0.1) is 83.0 Å². The SMILES string of the molecule is CC1(C)N=C2N(c3ccc4c(c3)c(=O)c3cc(N5C6=NC(C)(C)C(C)(C)N6C(C)(C)C5(C)C)cc5c(=O)c6cc(N7C8=NC(C)(C)C(C)(C)N8C(C)(C)C7(C)C)ccc6n4c35)C(C)(C)C(C)(C)N2C1(C)C. The summed E-state index contributed by atoms with van der Waals surface area (Å²) in [6.07, 6.45) is 0. The average Bonchev–Trinajstić information content (AvgIpc) is 3.79. The molecule has 5 aromatic rings. The van der Waals surface area contributed by atoms with Crippen LogP contribution in [0.2, 0.25) is 0 Å². The van der Waals surface area contributed by atoms with Gasteiger partial charge in [0.25, 0.3) is 0 Å². The highest BCUT2D eigenvalue weighted by Crippen LogP contribution is 2.57. The van der Waals surface area contributed by atoms with Gasteiger partial charge in [-0.05, 0) is 215 Å². The molecule has 378 valence electrons. The number of aliphatic imine (C=N–C) groups is 3. The van der Waals surface area contributed by atoms with E-state index in [9.17, 15) is 0 Å². The van der Waals surface area contributed by atoms with E-state index in [0.29, 0.717) is 27.1 Å². The Morgan fingerprint density at radius 1 is 0.324 bits per heavy atom. The smallest absolute Gasteiger partial charge is 0.203 e. The largest absolute Gasteiger partial charge is 0.327 e. The maximum atomic E-state index is 15.8. The molecule has 0 saturated carbocycles. The van der Waals surface area contributed by atoms with E-state index in [-0.39, 0.29) is 55.2 Å². The fourth-order valence-electron chi connectivity index (χ4n) is 14.0. The number of nitrogens with zero attached hydrogens (tertiary/aromatic N) is 10. The minimum atomic E-state index is -0.501. The van der Waals surface area contributed by atoms with Gasteiger partial charge in [-0.2, -0.15) is 0 Å². The van der Waals surface area contributed by atoms with E-state index < -0.39 is 22.2 Å². The summed E-state index contributed by atoms with van der Waals surface area (Å²) in [5.41, 5.74) is 0.171. The first-order chi connectivity index (χ1) is 32.1. The third kappa shape index (κ3) is 5.07. The highest BCUT2D eigenvalue weighted by Gasteiger charge is 2.69. The van der Waals surface area contributed by atoms with E-state index in [4.69, 9.17) is 15.0 Å². The van der Waals surface area contributed by atoms with Crippen LogP contribution in [0.5, 0.6) is 0 Å². The maximum Gasteiger partial charge on any atom is 0.203 e. The van der Waals surface area contributed by atoms with Crippen molar-refractivity contribution in [3.05, 3.63) is 69.0 Å². The zero-order valence-electron chi connectivity index (χ0n) is 47.4. The summed E-state index contributed by atoms with van der Waals surface area (Å²) in [5, 5.41) is 2.16. The molecule has 6 aliphatic heterocycles. The van der Waals surface area contributed by atoms with Crippen LogP contribution < -0.4 is 25.6 Å². The summed E-state index contributed by atoms with van der Waals surface area (Å²) < 4.78 is 2.19. The van der Waals surface area contributed by atoms with Crippen LogP contribution in [-0.2, 0) is 0 Å². The molecule has 0 spiro atoms. The Balaban J connectivity index is 1.23. The molecule has 3 saturated heterocycles. The van der Waals surface area contributed by atoms with Crippen molar-refractivity contribution < 1.29 is 0 Å². The molecule has 12 nitrogen and oxygen atoms in total. The van der Waals surface area contributed by atoms with Crippen LogP contribution in [0.4, 0.5) is 17.1 Å². The monoisotopic (exact) mass is 961 g/mol. The molecular weight excluding hydrogens is 881 g/mol. The van der Waals surface area contributed by atoms with Crippen molar-refractivity contribution in [3.8, 4) is 0 Å². The Bertz CT molecular complexity index is 3300. The standard InChI is InChI=1S/C59H80N10O2/c1-48(2)51(7,8)67-45(60-48)64(54(13,14)57(67,19)20)33-25-27-40-36(29-33)43(70)38-31-35(66-47-62-50(5,6)53(11,12)69(47)59(23,24)56(66,17)18)32-39-42(38)63(40)41-28-26-34(30-37(41)44(39)71)65-46-61-49(3,4)52(9,10)68(46)58(21,22)55(65,15)16/h25-32H,1-24H3. The van der Waals surface area contributed by atoms with Crippen LogP contribution in [0.25, 0.3) is 38.1 Å². The van der Waals surface area contributed by atoms with Gasteiger partial charge < -0.3 is 33.8 Å². The van der Waals surface area contributed by atoms with Gasteiger partial charge in [0, 0.05) is 38.6 Å². The molecule has 2 aromatic heterocycles. The third-order valence-corrected chi connectivity index (χ3v) is 21.9. The van der Waals surface area contributed by atoms with Gasteiger partial charge in [-0.25, -0.2) is 15.0 Å². The molecule has 71 heavy (non-hydrogen) atoms. The molecule has 8 heterocycles. The van der Waals surface area contributed by atoms with Crippen LogP contribution in [0, 0.1) is 0 Å². The molecule has 0 radical (unpaired) electrons. The second-order valence-electron chi connectivity index (χ2n) is 28.2. The van der Waals surface area contributed by atoms with Gasteiger partial charge in [0.1, 0.15) is 0 Å². The van der Waals surface area contributed by atoms with E-state index in [0.717, 1.165) is 46.0 Å². The van der Waals surface area contributed by atoms with Crippen molar-refractivity contribution >= 4 is 73.0 Å². The van der Waals surface area contributed by atoms with Crippen LogP contribution >= 0.6 is 0 Å². The number of fused-ring (bicyclic) bond motifs is 7. The van der Waals surface area contributed by atoms with Crippen molar-refractivity contribution in [2.24, 2.45) is 15.0 Å². The van der Waals surface area contributed by atoms with Crippen molar-refractivity contribution in [2.45, 2.75) is 233 Å². The van der Waals surface area contributed by atoms with Gasteiger partial charge in [-0.1, -0.05) is 0 Å². The lowest BCUT2D eigenvalue weighted by Gasteiger charge is -2.50. The quantitative estimate of drug-likeness (QED) is 0.130. The summed E-state index contributed by atoms with van der Waals surface area (Å²) in [5.74, 6) is 2.69. The first-order valence-electron chi connectivity index (χ1n) is 26.1. The Hall–Kier alpha value is -5.39. The van der Waals surface area contributed by atoms with Crippen molar-refractivity contribution in [1.29, 1.82) is 0 Å². The lowest BCUT2D eigenvalue weighted by Crippen LogP contribution is -2.63. The summed E-state index contributed by atoms with van der Waals surface area (Å²) >= 11 is 0. The predicted molar refractivity (Wildman–Crippen MR) is 298 cm³/mol. The Labute approximate surface area is 421 Å². The molecular formula is C59H80N10O2. The number of hydrogen-bond acceptors (Lipinski definition) is 11. The summed E-state index contributed by atoms with van der Waals surface area (Å²) in [4.78, 5) is 62.6. The highest BCUT2D eigenvalue weighted by molar-refractivity contribution is 6.14. The molecule has 3 aromatic carbocycles. The Kier molecular flexibility index (Phi) is 8.55. The normalized spacial score (nSPS) is 26.7. The number of anilines is 3. The third-order valence-electron chi connectivity index (χ3n) is 21.9. The van der Waals surface area contributed by atoms with Crippen LogP contribution in [0.1, 0.15) is 166 Å². The minimum absolute atomic E-state index is 0.112. The molecule has 0 bridgehead atoms. The van der Waals surface area contributed by atoms with Gasteiger partial charge >= 0.3 is 0 Å². The van der Waals surface area contributed by atoms with Crippen molar-refractivity contribution in [1.82, 2.24) is 19.1 Å². The zero-order chi connectivity index (χ0) is 52.5. The summed E-state index contributed by atoms with van der Waals surface area (Å²) in [7, 11) is 0. The molecule has 6 aliphatic rings. The first-order valence-corrected chi connectivity index (χ1v) is 26.1. The molecule has 11 rings (SSSR count). The van der Waals surface area contributed by atoms with E-state index in [1.165, 1.54) is 0 Å². The van der Waals surface area contributed by atoms with Crippen molar-refractivity contribution in [2.75, 3.05) is 14.7 Å². The maximum absolute atomic E-state index is 15.8. The Morgan fingerprint density at radius 2 is 0.592 bits per heavy atom. The number of pyridine rings is 2. The molecule has 0 atom stereocenters. The zero-order valence-corrected chi connectivity index (χ0v) is 47.4. The summed E-state index contributed by atoms with van der Waals surface area (Å²) in [6, 6.07) is 16.7. The molecule has 0 aliphatic carbocycles. The number of guanidine groups is 3.